The van der Waals surface area contributed by atoms with E-state index in [4.69, 9.17) is 0 Å². The van der Waals surface area contributed by atoms with Gasteiger partial charge in [-0.1, -0.05) is 0 Å². The van der Waals surface area contributed by atoms with E-state index in [1.807, 2.05) is 5.82 Å². The number of nitro benzene ring substituents is 1. The van der Waals surface area contributed by atoms with Gasteiger partial charge in [-0.05, 0) is 0 Å². The van der Waals surface area contributed by atoms with Gasteiger partial charge in [0.2, 0.25) is 0 Å². The molecule has 0 aliphatic heterocycles. The first kappa shape index (κ1) is 9.16. The fraction of sp³-hybridized carbons (Fsp3) is 0.143. The van der Waals surface area contributed by atoms with Gasteiger partial charge < -0.3 is 0 Å². The first-order valence-corrected chi connectivity index (χ1v) is 5.70. The van der Waals surface area contributed by atoms with E-state index in [0.717, 1.165) is 6.07 Å². The molecule has 3 nitrogen and oxygen atoms in total. The van der Waals surface area contributed by atoms with Crippen LogP contribution in [0.15, 0.2) is 18.2 Å². The monoisotopic (exact) mass is 235 g/mol. The molecule has 0 aliphatic rings. The molecule has 0 aliphatic carbocycles. The van der Waals surface area contributed by atoms with Crippen LogP contribution in [0.4, 0.5) is 10.1 Å². The van der Waals surface area contributed by atoms with Crippen molar-refractivity contribution in [3.05, 3.63) is 34.1 Å². The summed E-state index contributed by atoms with van der Waals surface area (Å²) in [6.45, 7) is 0. The Morgan fingerprint density at radius 1 is 1.58 bits per heavy atom. The van der Waals surface area contributed by atoms with E-state index in [1.54, 1.807) is 0 Å². The third-order valence-electron chi connectivity index (χ3n) is 1.34. The first-order valence-electron chi connectivity index (χ1n) is 3.13. The van der Waals surface area contributed by atoms with Crippen molar-refractivity contribution in [3.8, 4) is 0 Å². The Morgan fingerprint density at radius 3 is 2.75 bits per heavy atom. The third-order valence-corrected chi connectivity index (χ3v) is 2.95. The summed E-state index contributed by atoms with van der Waals surface area (Å²) in [4.78, 5) is 9.90. The topological polar surface area (TPSA) is 43.1 Å². The number of hydrogen-bond acceptors (Lipinski definition) is 2. The van der Waals surface area contributed by atoms with Crippen LogP contribution in [0.1, 0.15) is 0 Å². The molecule has 64 valence electrons. The molecule has 12 heavy (non-hydrogen) atoms. The minimum absolute atomic E-state index is 0.0129. The van der Waals surface area contributed by atoms with Crippen LogP contribution in [0.5, 0.6) is 0 Å². The van der Waals surface area contributed by atoms with Crippen LogP contribution in [0.2, 0.25) is 5.82 Å². The Labute approximate surface area is 74.9 Å². The van der Waals surface area contributed by atoms with Gasteiger partial charge >= 0.3 is 74.4 Å². The quantitative estimate of drug-likeness (QED) is 0.437. The summed E-state index contributed by atoms with van der Waals surface area (Å²) >= 11 is -0.0511. The van der Waals surface area contributed by atoms with E-state index in [-0.39, 0.29) is 20.6 Å². The molecule has 0 radical (unpaired) electrons. The second-order valence-corrected chi connectivity index (χ2v) is 3.85. The van der Waals surface area contributed by atoms with E-state index in [9.17, 15) is 14.5 Å². The Balaban J connectivity index is 3.20. The Kier molecular flexibility index (Phi) is 2.78. The zero-order chi connectivity index (χ0) is 9.14. The van der Waals surface area contributed by atoms with Crippen molar-refractivity contribution < 1.29 is 9.31 Å². The average molecular weight is 234 g/mol. The molecule has 0 bridgehead atoms. The van der Waals surface area contributed by atoms with Gasteiger partial charge in [-0.2, -0.15) is 0 Å². The van der Waals surface area contributed by atoms with Crippen LogP contribution in [0.25, 0.3) is 0 Å². The second kappa shape index (κ2) is 3.65. The SMILES string of the molecule is C[Se]c1cc(F)ccc1[N+](=O)[O-]. The molecule has 1 aromatic carbocycles. The van der Waals surface area contributed by atoms with Crippen LogP contribution < -0.4 is 4.46 Å². The van der Waals surface area contributed by atoms with Gasteiger partial charge in [0.05, 0.1) is 0 Å². The maximum absolute atomic E-state index is 12.6. The molecule has 1 rings (SSSR count). The average Bonchev–Trinajstić information content (AvgIpc) is 2.03. The number of hydrogen-bond donors (Lipinski definition) is 0. The molecular weight excluding hydrogens is 228 g/mol. The molecule has 0 N–H and O–H groups in total. The zero-order valence-electron chi connectivity index (χ0n) is 6.28. The molecule has 0 spiro atoms. The van der Waals surface area contributed by atoms with Crippen molar-refractivity contribution in [1.29, 1.82) is 0 Å². The summed E-state index contributed by atoms with van der Waals surface area (Å²) in [6.07, 6.45) is 0. The van der Waals surface area contributed by atoms with Crippen LogP contribution in [-0.2, 0) is 0 Å². The van der Waals surface area contributed by atoms with Gasteiger partial charge in [0.15, 0.2) is 0 Å². The van der Waals surface area contributed by atoms with E-state index >= 15 is 0 Å². The molecular formula is C7H6FNO2Se. The van der Waals surface area contributed by atoms with E-state index in [0.29, 0.717) is 4.46 Å². The molecule has 0 saturated heterocycles. The minimum atomic E-state index is -0.486. The second-order valence-electron chi connectivity index (χ2n) is 2.07. The Morgan fingerprint density at radius 2 is 2.25 bits per heavy atom. The van der Waals surface area contributed by atoms with Crippen molar-refractivity contribution in [1.82, 2.24) is 0 Å². The van der Waals surface area contributed by atoms with Gasteiger partial charge in [0.1, 0.15) is 0 Å². The molecule has 0 fully saturated rings. The van der Waals surface area contributed by atoms with Crippen molar-refractivity contribution in [2.45, 2.75) is 5.82 Å². The van der Waals surface area contributed by atoms with Crippen LogP contribution in [0.3, 0.4) is 0 Å². The Bertz CT molecular complexity index is 316. The molecule has 1 aromatic rings. The summed E-state index contributed by atoms with van der Waals surface area (Å²) in [7, 11) is 0. The van der Waals surface area contributed by atoms with Crippen LogP contribution in [-0.4, -0.2) is 19.9 Å². The summed E-state index contributed by atoms with van der Waals surface area (Å²) < 4.78 is 13.1. The van der Waals surface area contributed by atoms with Crippen molar-refractivity contribution >= 4 is 25.1 Å². The molecule has 5 heteroatoms. The summed E-state index contributed by atoms with van der Waals surface area (Å²) in [5.74, 6) is 1.40. The molecule has 0 aromatic heterocycles. The fourth-order valence-corrected chi connectivity index (χ4v) is 2.02. The fourth-order valence-electron chi connectivity index (χ4n) is 0.802. The van der Waals surface area contributed by atoms with Gasteiger partial charge in [0, 0.05) is 0 Å². The first-order chi connectivity index (χ1) is 5.65. The van der Waals surface area contributed by atoms with Crippen molar-refractivity contribution in [3.63, 3.8) is 0 Å². The summed E-state index contributed by atoms with van der Waals surface area (Å²) in [6, 6.07) is 3.53. The van der Waals surface area contributed by atoms with E-state index < -0.39 is 10.7 Å². The normalized spacial score (nSPS) is 9.83. The maximum atomic E-state index is 12.6. The van der Waals surface area contributed by atoms with Crippen LogP contribution >= 0.6 is 0 Å². The molecule has 0 atom stereocenters. The van der Waals surface area contributed by atoms with Gasteiger partial charge in [0.25, 0.3) is 0 Å². The van der Waals surface area contributed by atoms with Gasteiger partial charge in [-0.25, -0.2) is 0 Å². The zero-order valence-corrected chi connectivity index (χ0v) is 8.00. The predicted molar refractivity (Wildman–Crippen MR) is 44.3 cm³/mol. The van der Waals surface area contributed by atoms with Gasteiger partial charge in [-0.3, -0.25) is 0 Å². The predicted octanol–water partition coefficient (Wildman–Crippen LogP) is 1.11. The van der Waals surface area contributed by atoms with Crippen molar-refractivity contribution in [2.75, 3.05) is 0 Å². The molecule has 0 unspecified atom stereocenters. The van der Waals surface area contributed by atoms with Crippen molar-refractivity contribution in [2.24, 2.45) is 0 Å². The van der Waals surface area contributed by atoms with E-state index in [2.05, 4.69) is 0 Å². The number of nitrogens with zero attached hydrogens (tertiary/aromatic N) is 1. The standard InChI is InChI=1S/C7H6FNO2Se/c1-12-7-4-5(8)2-3-6(7)9(10)11/h2-4H,1H3. The molecule has 0 saturated carbocycles. The van der Waals surface area contributed by atoms with E-state index in [1.165, 1.54) is 12.1 Å². The number of rotatable bonds is 2. The molecule has 0 amide bonds. The number of halogens is 1. The number of nitro groups is 1. The van der Waals surface area contributed by atoms with Gasteiger partial charge in [-0.15, -0.1) is 0 Å². The summed E-state index contributed by atoms with van der Waals surface area (Å²) in [5, 5.41) is 10.4. The third kappa shape index (κ3) is 1.81. The van der Waals surface area contributed by atoms with Crippen LogP contribution in [0, 0.1) is 15.9 Å². The summed E-state index contributed by atoms with van der Waals surface area (Å²) in [5.41, 5.74) is 0.0129. The Hall–Kier alpha value is -0.931. The molecule has 0 heterocycles. The number of benzene rings is 1.